The number of hydrogen-bond acceptors (Lipinski definition) is 4. The van der Waals surface area contributed by atoms with Crippen LogP contribution in [0.3, 0.4) is 0 Å². The summed E-state index contributed by atoms with van der Waals surface area (Å²) in [7, 11) is 0. The zero-order chi connectivity index (χ0) is 15.6. The fourth-order valence-corrected chi connectivity index (χ4v) is 2.06. The van der Waals surface area contributed by atoms with Crippen LogP contribution in [0.4, 0.5) is 0 Å². The highest BCUT2D eigenvalue weighted by Gasteiger charge is 2.24. The highest BCUT2D eigenvalue weighted by Crippen LogP contribution is 2.28. The Morgan fingerprint density at radius 2 is 2.00 bits per heavy atom. The number of nitrogens with zero attached hydrogens (tertiary/aromatic N) is 1. The molecule has 112 valence electrons. The van der Waals surface area contributed by atoms with Crippen LogP contribution in [0.5, 0.6) is 0 Å². The first-order valence-electron chi connectivity index (χ1n) is 7.19. The minimum Gasteiger partial charge on any atom is -0.460 e. The quantitative estimate of drug-likeness (QED) is 0.788. The molecule has 0 unspecified atom stereocenters. The number of benzene rings is 1. The summed E-state index contributed by atoms with van der Waals surface area (Å²) in [5.74, 6) is 0.308. The molecule has 0 amide bonds. The van der Waals surface area contributed by atoms with Gasteiger partial charge in [0.1, 0.15) is 0 Å². The summed E-state index contributed by atoms with van der Waals surface area (Å²) in [6.07, 6.45) is 0. The molecule has 0 aliphatic heterocycles. The van der Waals surface area contributed by atoms with Gasteiger partial charge >= 0.3 is 5.97 Å². The largest absolute Gasteiger partial charge is 0.460 e. The Hall–Kier alpha value is -2.10. The van der Waals surface area contributed by atoms with E-state index in [1.807, 2.05) is 39.0 Å². The monoisotopic (exact) mass is 287 g/mol. The summed E-state index contributed by atoms with van der Waals surface area (Å²) >= 11 is 0. The maximum absolute atomic E-state index is 12.0. The van der Waals surface area contributed by atoms with Crippen molar-refractivity contribution >= 4 is 5.97 Å². The van der Waals surface area contributed by atoms with E-state index in [0.29, 0.717) is 18.2 Å². The van der Waals surface area contributed by atoms with Crippen LogP contribution in [-0.2, 0) is 4.74 Å². The van der Waals surface area contributed by atoms with E-state index < -0.39 is 5.97 Å². The van der Waals surface area contributed by atoms with Gasteiger partial charge in [-0.05, 0) is 49.9 Å². The molecule has 1 aromatic heterocycles. The molecule has 0 N–H and O–H groups in total. The molecule has 0 spiro atoms. The average Bonchev–Trinajstić information content (AvgIpc) is 2.87. The lowest BCUT2D eigenvalue weighted by molar-refractivity contribution is 0.0488. The number of oxazole rings is 1. The Labute approximate surface area is 125 Å². The molecule has 0 fully saturated rings. The van der Waals surface area contributed by atoms with Crippen LogP contribution >= 0.6 is 0 Å². The standard InChI is InChI=1S/C17H21NO3/c1-6-20-17(19)15-14(10(2)3)18-16(21-15)13-8-7-11(4)12(5)9-13/h7-10H,6H2,1-5H3. The van der Waals surface area contributed by atoms with Crippen LogP contribution in [0, 0.1) is 13.8 Å². The van der Waals surface area contributed by atoms with Crippen LogP contribution in [0.1, 0.15) is 54.1 Å². The van der Waals surface area contributed by atoms with Crippen molar-refractivity contribution in [3.05, 3.63) is 40.8 Å². The van der Waals surface area contributed by atoms with Crippen LogP contribution < -0.4 is 0 Å². The number of esters is 1. The van der Waals surface area contributed by atoms with E-state index in [0.717, 1.165) is 11.1 Å². The molecule has 0 saturated heterocycles. The molecular weight excluding hydrogens is 266 g/mol. The van der Waals surface area contributed by atoms with E-state index in [9.17, 15) is 4.79 Å². The topological polar surface area (TPSA) is 52.3 Å². The molecule has 0 aliphatic carbocycles. The van der Waals surface area contributed by atoms with Crippen LogP contribution in [0.15, 0.2) is 22.6 Å². The molecule has 1 heterocycles. The Balaban J connectivity index is 2.48. The predicted molar refractivity (Wildman–Crippen MR) is 81.5 cm³/mol. The van der Waals surface area contributed by atoms with Gasteiger partial charge in [-0.1, -0.05) is 19.9 Å². The molecule has 0 radical (unpaired) electrons. The fraction of sp³-hybridized carbons (Fsp3) is 0.412. The minimum atomic E-state index is -0.455. The molecule has 4 nitrogen and oxygen atoms in total. The third-order valence-corrected chi connectivity index (χ3v) is 3.41. The molecule has 0 atom stereocenters. The number of ether oxygens (including phenoxy) is 1. The first-order valence-corrected chi connectivity index (χ1v) is 7.19. The molecule has 1 aromatic carbocycles. The van der Waals surface area contributed by atoms with Gasteiger partial charge in [-0.15, -0.1) is 0 Å². The second kappa shape index (κ2) is 6.12. The molecular formula is C17H21NO3. The van der Waals surface area contributed by atoms with Gasteiger partial charge in [0.05, 0.1) is 12.3 Å². The van der Waals surface area contributed by atoms with Crippen molar-refractivity contribution in [2.24, 2.45) is 0 Å². The first-order chi connectivity index (χ1) is 9.93. The third kappa shape index (κ3) is 3.15. The normalized spacial score (nSPS) is 11.0. The fourth-order valence-electron chi connectivity index (χ4n) is 2.06. The van der Waals surface area contributed by atoms with Crippen molar-refractivity contribution in [1.29, 1.82) is 0 Å². The van der Waals surface area contributed by atoms with Crippen molar-refractivity contribution in [1.82, 2.24) is 4.98 Å². The summed E-state index contributed by atoms with van der Waals surface area (Å²) < 4.78 is 10.7. The van der Waals surface area contributed by atoms with Gasteiger partial charge in [0.2, 0.25) is 11.7 Å². The molecule has 0 bridgehead atoms. The predicted octanol–water partition coefficient (Wildman–Crippen LogP) is 4.26. The van der Waals surface area contributed by atoms with Gasteiger partial charge in [0.15, 0.2) is 0 Å². The van der Waals surface area contributed by atoms with Gasteiger partial charge < -0.3 is 9.15 Å². The molecule has 4 heteroatoms. The van der Waals surface area contributed by atoms with Gasteiger partial charge in [0.25, 0.3) is 0 Å². The van der Waals surface area contributed by atoms with Gasteiger partial charge in [-0.3, -0.25) is 0 Å². The summed E-state index contributed by atoms with van der Waals surface area (Å²) in [4.78, 5) is 16.5. The Morgan fingerprint density at radius 1 is 1.29 bits per heavy atom. The van der Waals surface area contributed by atoms with Crippen molar-refractivity contribution in [2.45, 2.75) is 40.5 Å². The lowest BCUT2D eigenvalue weighted by Gasteiger charge is -2.02. The van der Waals surface area contributed by atoms with Crippen LogP contribution in [0.2, 0.25) is 0 Å². The summed E-state index contributed by atoms with van der Waals surface area (Å²) in [5, 5.41) is 0. The lowest BCUT2D eigenvalue weighted by atomic mass is 10.1. The molecule has 0 aliphatic rings. The maximum Gasteiger partial charge on any atom is 0.376 e. The van der Waals surface area contributed by atoms with Gasteiger partial charge in [-0.25, -0.2) is 9.78 Å². The van der Waals surface area contributed by atoms with Crippen LogP contribution in [0.25, 0.3) is 11.5 Å². The molecule has 21 heavy (non-hydrogen) atoms. The Morgan fingerprint density at radius 3 is 2.57 bits per heavy atom. The lowest BCUT2D eigenvalue weighted by Crippen LogP contribution is -2.07. The Kier molecular flexibility index (Phi) is 4.46. The van der Waals surface area contributed by atoms with Crippen molar-refractivity contribution < 1.29 is 13.9 Å². The molecule has 0 saturated carbocycles. The van der Waals surface area contributed by atoms with E-state index >= 15 is 0 Å². The average molecular weight is 287 g/mol. The SMILES string of the molecule is CCOC(=O)c1oc(-c2ccc(C)c(C)c2)nc1C(C)C. The number of carbonyl (C=O) groups is 1. The molecule has 2 aromatic rings. The minimum absolute atomic E-state index is 0.0912. The summed E-state index contributed by atoms with van der Waals surface area (Å²) in [5.41, 5.74) is 3.88. The van der Waals surface area contributed by atoms with Gasteiger partial charge in [0, 0.05) is 5.56 Å². The van der Waals surface area contributed by atoms with Crippen molar-refractivity contribution in [2.75, 3.05) is 6.61 Å². The zero-order valence-corrected chi connectivity index (χ0v) is 13.2. The van der Waals surface area contributed by atoms with E-state index in [1.165, 1.54) is 5.56 Å². The second-order valence-corrected chi connectivity index (χ2v) is 5.41. The third-order valence-electron chi connectivity index (χ3n) is 3.41. The summed E-state index contributed by atoms with van der Waals surface area (Å²) in [6.45, 7) is 10.1. The zero-order valence-electron chi connectivity index (χ0n) is 13.2. The first kappa shape index (κ1) is 15.3. The highest BCUT2D eigenvalue weighted by molar-refractivity contribution is 5.88. The highest BCUT2D eigenvalue weighted by atomic mass is 16.5. The van der Waals surface area contributed by atoms with Crippen molar-refractivity contribution in [3.63, 3.8) is 0 Å². The number of aryl methyl sites for hydroxylation is 2. The summed E-state index contributed by atoms with van der Waals surface area (Å²) in [6, 6.07) is 5.99. The Bertz CT molecular complexity index is 656. The number of hydrogen-bond donors (Lipinski definition) is 0. The van der Waals surface area contributed by atoms with E-state index in [4.69, 9.17) is 9.15 Å². The maximum atomic E-state index is 12.0. The molecule has 2 rings (SSSR count). The van der Waals surface area contributed by atoms with E-state index in [2.05, 4.69) is 11.9 Å². The van der Waals surface area contributed by atoms with Crippen LogP contribution in [-0.4, -0.2) is 17.6 Å². The number of carbonyl (C=O) groups excluding carboxylic acids is 1. The van der Waals surface area contributed by atoms with Gasteiger partial charge in [-0.2, -0.15) is 0 Å². The number of rotatable bonds is 4. The van der Waals surface area contributed by atoms with Crippen molar-refractivity contribution in [3.8, 4) is 11.5 Å². The van der Waals surface area contributed by atoms with E-state index in [1.54, 1.807) is 6.92 Å². The number of aromatic nitrogens is 1. The smallest absolute Gasteiger partial charge is 0.376 e. The van der Waals surface area contributed by atoms with E-state index in [-0.39, 0.29) is 11.7 Å². The second-order valence-electron chi connectivity index (χ2n) is 5.41.